The molecule has 0 spiro atoms. The first-order chi connectivity index (χ1) is 53.9. The van der Waals surface area contributed by atoms with Crippen molar-refractivity contribution in [3.63, 3.8) is 0 Å². The average Bonchev–Trinajstić information content (AvgIpc) is 0.743. The largest absolute Gasteiger partial charge is 0.467 e. The van der Waals surface area contributed by atoms with E-state index in [1.165, 1.54) is 31.2 Å². The van der Waals surface area contributed by atoms with Crippen LogP contribution < -0.4 is 0 Å². The second-order valence-corrected chi connectivity index (χ2v) is 32.8. The second kappa shape index (κ2) is 40.3. The SMILES string of the molecule is COC(=O)[C@@H]1O[C@H](O[Si](C)(C)C(C)(C)C(C)C)[C@H](OC(C)=O)[C@@H](OCc2ccccc2)[C@@H]1O[C@H]1O[C@H](COC(=O)c2ccccc2)[C@@H](O[C@H]2O[C@@H](C(=O)OC)[C@@H](O[C@H]3O[C@H](COC(=O)c4ccccc4)[C@@H](O)[C@H](OCc4ccccc4)[C@H]3N=[N+]=[N-])[C@H](OCc3ccccc3)[C@H]2OC(C)=O)[C@H](OCc2ccccc2)[C@H]1N=[N+]=[N-]. The van der Waals surface area contributed by atoms with Crippen LogP contribution in [0.25, 0.3) is 20.9 Å². The van der Waals surface area contributed by atoms with Gasteiger partial charge in [-0.3, -0.25) is 9.59 Å². The molecule has 6 aromatic rings. The van der Waals surface area contributed by atoms with E-state index in [2.05, 4.69) is 20.1 Å². The third-order valence-electron chi connectivity index (χ3n) is 20.3. The van der Waals surface area contributed by atoms with Gasteiger partial charge in [0.2, 0.25) is 0 Å². The Balaban J connectivity index is 1.10. The number of esters is 6. The minimum absolute atomic E-state index is 0.0545. The topological polar surface area (TPSA) is 386 Å². The highest BCUT2D eigenvalue weighted by atomic mass is 28.4. The Kier molecular flexibility index (Phi) is 30.5. The molecule has 0 radical (unpaired) electrons. The van der Waals surface area contributed by atoms with Crippen LogP contribution in [0.5, 0.6) is 0 Å². The summed E-state index contributed by atoms with van der Waals surface area (Å²) in [6, 6.07) is 47.5. The first kappa shape index (κ1) is 84.9. The van der Waals surface area contributed by atoms with Gasteiger partial charge in [-0.25, -0.2) is 19.2 Å². The van der Waals surface area contributed by atoms with E-state index >= 15 is 0 Å². The van der Waals surface area contributed by atoms with E-state index in [4.69, 9.17) is 85.0 Å². The summed E-state index contributed by atoms with van der Waals surface area (Å²) < 4.78 is 117. The lowest BCUT2D eigenvalue weighted by atomic mass is 9.93. The third-order valence-corrected chi connectivity index (χ3v) is 24.8. The quantitative estimate of drug-likeness (QED) is 0.00979. The van der Waals surface area contributed by atoms with E-state index in [0.29, 0.717) is 22.3 Å². The molecule has 1 N–H and O–H groups in total. The van der Waals surface area contributed by atoms with Crippen molar-refractivity contribution >= 4 is 44.1 Å². The van der Waals surface area contributed by atoms with E-state index < -0.39 is 185 Å². The standard InChI is InChI=1S/C80H94N6O25Si/c1-47(2)80(5,6)112(9,10)111-79-71(103-49(4)88)65(99-44-53-35-23-14-24-36-53)67(69(110-79)75(93)95-8)108-77-59(84-86-82)63(97-42-51-31-19-12-20-32-51)61(57(105-77)46-101-73(91)55-39-27-16-28-40-55)106-78-70(102-48(3)87)64(98-43-52-33-21-13-22-34-52)66(68(109-78)74(92)94-7)107-76-58(83-85-81)62(96-41-50-29-17-11-18-30-50)60(89)56(104-76)45-100-72(90)54-37-25-15-26-38-54/h11-40,47,56-71,76-79,89H,41-46H2,1-10H3/t56-,57-,58-,59-,60-,61-,62-,63-,64+,65+,66+,67+,68-,69-,70-,71-,76-,77-,78+,79-/m1/s1. The van der Waals surface area contributed by atoms with Crippen LogP contribution in [0, 0.1) is 5.92 Å². The molecule has 32 heteroatoms. The molecular formula is C80H94N6O25Si. The van der Waals surface area contributed by atoms with Crippen molar-refractivity contribution in [1.29, 1.82) is 0 Å². The Morgan fingerprint density at radius 3 is 1.18 bits per heavy atom. The molecule has 10 rings (SSSR count). The van der Waals surface area contributed by atoms with Gasteiger partial charge in [-0.05, 0) is 81.6 Å². The molecule has 0 unspecified atom stereocenters. The lowest BCUT2D eigenvalue weighted by Crippen LogP contribution is -2.69. The lowest BCUT2D eigenvalue weighted by Gasteiger charge is -2.52. The van der Waals surface area contributed by atoms with Gasteiger partial charge in [-0.15, -0.1) is 0 Å². The summed E-state index contributed by atoms with van der Waals surface area (Å²) in [5, 5.41) is 20.1. The summed E-state index contributed by atoms with van der Waals surface area (Å²) in [5.74, 6) is -5.59. The number of carbonyl (C=O) groups excluding carboxylic acids is 6. The summed E-state index contributed by atoms with van der Waals surface area (Å²) in [6.45, 7) is 11.9. The molecule has 4 aliphatic heterocycles. The molecule has 0 amide bonds. The summed E-state index contributed by atoms with van der Waals surface area (Å²) in [7, 11) is -0.867. The number of ether oxygens (including phenoxy) is 17. The first-order valence-corrected chi connectivity index (χ1v) is 39.4. The highest BCUT2D eigenvalue weighted by Crippen LogP contribution is 2.47. The van der Waals surface area contributed by atoms with Gasteiger partial charge in [0.15, 0.2) is 57.9 Å². The van der Waals surface area contributed by atoms with E-state index in [0.717, 1.165) is 21.1 Å². The van der Waals surface area contributed by atoms with E-state index in [1.54, 1.807) is 158 Å². The minimum atomic E-state index is -3.03. The number of azide groups is 2. The molecular weight excluding hydrogens is 1470 g/mol. The summed E-state index contributed by atoms with van der Waals surface area (Å²) >= 11 is 0. The fourth-order valence-corrected chi connectivity index (χ4v) is 15.7. The van der Waals surface area contributed by atoms with Crippen molar-refractivity contribution in [3.05, 3.63) is 236 Å². The third kappa shape index (κ3) is 21.6. The minimum Gasteiger partial charge on any atom is -0.467 e. The molecule has 0 bridgehead atoms. The predicted octanol–water partition coefficient (Wildman–Crippen LogP) is 10.7. The predicted molar refractivity (Wildman–Crippen MR) is 397 cm³/mol. The lowest BCUT2D eigenvalue weighted by molar-refractivity contribution is -0.375. The van der Waals surface area contributed by atoms with E-state index in [9.17, 15) is 44.9 Å². The zero-order valence-electron chi connectivity index (χ0n) is 63.6. The second-order valence-electron chi connectivity index (χ2n) is 28.3. The van der Waals surface area contributed by atoms with Crippen LogP contribution in [-0.2, 0) is 131 Å². The Morgan fingerprint density at radius 2 is 0.795 bits per heavy atom. The summed E-state index contributed by atoms with van der Waals surface area (Å²) in [4.78, 5) is 91.6. The number of hydrogen-bond donors (Lipinski definition) is 1. The molecule has 598 valence electrons. The van der Waals surface area contributed by atoms with E-state index in [1.807, 2.05) is 40.8 Å². The van der Waals surface area contributed by atoms with Gasteiger partial charge in [0.1, 0.15) is 80.2 Å². The molecule has 0 aliphatic carbocycles. The summed E-state index contributed by atoms with van der Waals surface area (Å²) in [6.07, 6.45) is -31.7. The number of methoxy groups -OCH3 is 2. The molecule has 6 aromatic carbocycles. The molecule has 0 aromatic heterocycles. The number of aliphatic hydroxyl groups excluding tert-OH is 1. The van der Waals surface area contributed by atoms with Crippen LogP contribution >= 0.6 is 0 Å². The number of hydrogen-bond acceptors (Lipinski definition) is 27. The van der Waals surface area contributed by atoms with Crippen molar-refractivity contribution in [1.82, 2.24) is 0 Å². The molecule has 4 heterocycles. The maximum atomic E-state index is 15.0. The van der Waals surface area contributed by atoms with Crippen molar-refractivity contribution in [2.24, 2.45) is 16.1 Å². The van der Waals surface area contributed by atoms with Crippen LogP contribution in [0.1, 0.15) is 84.5 Å². The van der Waals surface area contributed by atoms with Gasteiger partial charge < -0.3 is 90.1 Å². The van der Waals surface area contributed by atoms with Gasteiger partial charge >= 0.3 is 35.8 Å². The van der Waals surface area contributed by atoms with Gasteiger partial charge in [0.25, 0.3) is 0 Å². The van der Waals surface area contributed by atoms with Crippen LogP contribution in [0.4, 0.5) is 0 Å². The number of benzene rings is 6. The number of aliphatic hydroxyl groups is 1. The maximum Gasteiger partial charge on any atom is 0.338 e. The highest BCUT2D eigenvalue weighted by molar-refractivity contribution is 6.74. The van der Waals surface area contributed by atoms with Crippen LogP contribution in [-0.4, -0.2) is 199 Å². The average molecular weight is 1570 g/mol. The van der Waals surface area contributed by atoms with Gasteiger partial charge in [0, 0.05) is 23.7 Å². The fourth-order valence-electron chi connectivity index (χ4n) is 13.3. The summed E-state index contributed by atoms with van der Waals surface area (Å²) in [5.41, 5.74) is 23.8. The number of nitrogens with zero attached hydrogens (tertiary/aromatic N) is 6. The Hall–Kier alpha value is -9.54. The zero-order chi connectivity index (χ0) is 80.1. The number of carbonyl (C=O) groups is 6. The monoisotopic (exact) mass is 1570 g/mol. The molecule has 31 nitrogen and oxygen atoms in total. The molecule has 4 saturated heterocycles. The van der Waals surface area contributed by atoms with Crippen molar-refractivity contribution in [2.45, 2.75) is 209 Å². The zero-order valence-corrected chi connectivity index (χ0v) is 64.6. The molecule has 4 fully saturated rings. The van der Waals surface area contributed by atoms with Gasteiger partial charge in [-0.1, -0.05) is 196 Å². The normalized spacial score (nSPS) is 27.9. The van der Waals surface area contributed by atoms with Crippen molar-refractivity contribution < 1.29 is 119 Å². The molecule has 0 saturated carbocycles. The first-order valence-electron chi connectivity index (χ1n) is 36.5. The van der Waals surface area contributed by atoms with Gasteiger partial charge in [-0.2, -0.15) is 0 Å². The van der Waals surface area contributed by atoms with E-state index in [-0.39, 0.29) is 43.5 Å². The Labute approximate surface area is 648 Å². The van der Waals surface area contributed by atoms with Crippen LogP contribution in [0.15, 0.2) is 192 Å². The van der Waals surface area contributed by atoms with Gasteiger partial charge in [0.05, 0.1) is 57.9 Å². The van der Waals surface area contributed by atoms with Crippen LogP contribution in [0.3, 0.4) is 0 Å². The molecule has 20 atom stereocenters. The fraction of sp³-hybridized carbons (Fsp3) is 0.475. The smallest absolute Gasteiger partial charge is 0.338 e. The van der Waals surface area contributed by atoms with Crippen LogP contribution in [0.2, 0.25) is 18.1 Å². The maximum absolute atomic E-state index is 15.0. The van der Waals surface area contributed by atoms with Crippen molar-refractivity contribution in [3.8, 4) is 0 Å². The van der Waals surface area contributed by atoms with Crippen molar-refractivity contribution in [2.75, 3.05) is 27.4 Å². The number of rotatable bonds is 34. The Bertz CT molecular complexity index is 4140. The molecule has 112 heavy (non-hydrogen) atoms. The Morgan fingerprint density at radius 1 is 0.455 bits per heavy atom. The highest BCUT2D eigenvalue weighted by Gasteiger charge is 2.62. The molecule has 4 aliphatic rings.